The molecular weight excluding hydrogens is 436 g/mol. The van der Waals surface area contributed by atoms with E-state index in [0.29, 0.717) is 25.1 Å². The van der Waals surface area contributed by atoms with Gasteiger partial charge in [-0.15, -0.1) is 0 Å². The van der Waals surface area contributed by atoms with Crippen molar-refractivity contribution < 1.29 is 27.5 Å². The molecule has 1 aromatic heterocycles. The van der Waals surface area contributed by atoms with Crippen molar-refractivity contribution >= 4 is 27.8 Å². The summed E-state index contributed by atoms with van der Waals surface area (Å²) in [5.41, 5.74) is 5.82. The summed E-state index contributed by atoms with van der Waals surface area (Å²) in [6.07, 6.45) is 1.47. The third kappa shape index (κ3) is 4.21. The van der Waals surface area contributed by atoms with E-state index < -0.39 is 28.2 Å². The van der Waals surface area contributed by atoms with Gasteiger partial charge in [0, 0.05) is 19.2 Å². The molecule has 3 heterocycles. The Bertz CT molecular complexity index is 1140. The van der Waals surface area contributed by atoms with Gasteiger partial charge < -0.3 is 15.4 Å². The van der Waals surface area contributed by atoms with Gasteiger partial charge in [-0.2, -0.15) is 4.31 Å². The summed E-state index contributed by atoms with van der Waals surface area (Å²) in [6.45, 7) is 0.0544. The molecule has 0 saturated carbocycles. The first-order chi connectivity index (χ1) is 15.3. The number of aryl methyl sites for hydroxylation is 1. The zero-order valence-electron chi connectivity index (χ0n) is 17.1. The van der Waals surface area contributed by atoms with Crippen molar-refractivity contribution in [1.82, 2.24) is 14.2 Å². The van der Waals surface area contributed by atoms with Crippen LogP contribution in [0.4, 0.5) is 4.79 Å². The van der Waals surface area contributed by atoms with Gasteiger partial charge in [0.1, 0.15) is 11.8 Å². The molecule has 2 fully saturated rings. The van der Waals surface area contributed by atoms with Crippen molar-refractivity contribution in [2.45, 2.75) is 36.4 Å². The number of carbonyl (C=O) groups is 3. The summed E-state index contributed by atoms with van der Waals surface area (Å²) < 4.78 is 31.9. The highest BCUT2D eigenvalue weighted by Crippen LogP contribution is 2.34. The Kier molecular flexibility index (Phi) is 5.94. The minimum Gasteiger partial charge on any atom is -0.411 e. The molecule has 10 nitrogen and oxygen atoms in total. The molecule has 0 spiro atoms. The molecule has 11 heteroatoms. The number of fused-ring (bicyclic) bond motifs is 1. The Morgan fingerprint density at radius 1 is 1.16 bits per heavy atom. The van der Waals surface area contributed by atoms with Crippen molar-refractivity contribution in [1.29, 1.82) is 0 Å². The van der Waals surface area contributed by atoms with E-state index in [2.05, 4.69) is 4.98 Å². The first-order valence-corrected chi connectivity index (χ1v) is 11.5. The number of likely N-dealkylation sites (tertiary alicyclic amines) is 1. The van der Waals surface area contributed by atoms with E-state index in [4.69, 9.17) is 10.5 Å². The Balaban J connectivity index is 1.41. The van der Waals surface area contributed by atoms with Gasteiger partial charge in [-0.1, -0.05) is 18.2 Å². The molecule has 2 aromatic rings. The molecular formula is C21H22N4O6S. The van der Waals surface area contributed by atoms with Gasteiger partial charge >= 0.3 is 6.09 Å². The summed E-state index contributed by atoms with van der Waals surface area (Å²) >= 11 is 0. The number of aromatic nitrogens is 1. The van der Waals surface area contributed by atoms with E-state index in [1.54, 1.807) is 36.4 Å². The molecule has 2 saturated heterocycles. The minimum absolute atomic E-state index is 0.109. The highest BCUT2D eigenvalue weighted by molar-refractivity contribution is 7.89. The van der Waals surface area contributed by atoms with Gasteiger partial charge in [0.15, 0.2) is 10.8 Å². The fourth-order valence-electron chi connectivity index (χ4n) is 4.23. The number of benzene rings is 1. The highest BCUT2D eigenvalue weighted by Gasteiger charge is 2.53. The lowest BCUT2D eigenvalue weighted by Crippen LogP contribution is -2.43. The largest absolute Gasteiger partial charge is 0.411 e. The number of carbonyl (C=O) groups excluding carboxylic acids is 3. The predicted octanol–water partition coefficient (Wildman–Crippen LogP) is 0.715. The second-order valence-corrected chi connectivity index (χ2v) is 9.48. The summed E-state index contributed by atoms with van der Waals surface area (Å²) in [6, 6.07) is 9.84. The van der Waals surface area contributed by atoms with E-state index in [1.807, 2.05) is 0 Å². The van der Waals surface area contributed by atoms with Gasteiger partial charge in [-0.3, -0.25) is 9.59 Å². The predicted molar refractivity (Wildman–Crippen MR) is 112 cm³/mol. The van der Waals surface area contributed by atoms with Crippen molar-refractivity contribution in [3.8, 4) is 5.75 Å². The molecule has 2 aliphatic rings. The fraction of sp³-hybridized carbons (Fsp3) is 0.333. The van der Waals surface area contributed by atoms with Crippen molar-refractivity contribution in [2.24, 2.45) is 5.73 Å². The molecule has 2 atom stereocenters. The standard InChI is InChI=1S/C21H22N4O6S/c22-21(28)31-15-7-4-14(5-8-15)6-9-19(27)24-12-10-16-20(24)17(26)13-25(16)32(29,30)18-3-1-2-11-23-18/h1-5,7-8,11,16,20H,6,9-10,12-13H2,(H2,22,28). The fourth-order valence-corrected chi connectivity index (χ4v) is 5.79. The number of ketones is 1. The number of amides is 2. The van der Waals surface area contributed by atoms with Gasteiger partial charge in [0.25, 0.3) is 10.0 Å². The van der Waals surface area contributed by atoms with Crippen LogP contribution in [0.25, 0.3) is 0 Å². The highest BCUT2D eigenvalue weighted by atomic mass is 32.2. The Labute approximate surface area is 185 Å². The summed E-state index contributed by atoms with van der Waals surface area (Å²) in [5.74, 6) is -0.186. The van der Waals surface area contributed by atoms with Gasteiger partial charge in [0.05, 0.1) is 12.6 Å². The van der Waals surface area contributed by atoms with Crippen LogP contribution in [0, 0.1) is 0 Å². The average molecular weight is 458 g/mol. The van der Waals surface area contributed by atoms with Crippen molar-refractivity contribution in [3.05, 3.63) is 54.2 Å². The molecule has 0 bridgehead atoms. The van der Waals surface area contributed by atoms with Crippen molar-refractivity contribution in [3.63, 3.8) is 0 Å². The average Bonchev–Trinajstić information content (AvgIpc) is 3.35. The summed E-state index contributed by atoms with van der Waals surface area (Å²) in [7, 11) is -3.92. The quantitative estimate of drug-likeness (QED) is 0.672. The van der Waals surface area contributed by atoms with E-state index in [9.17, 15) is 22.8 Å². The van der Waals surface area contributed by atoms with Crippen LogP contribution in [-0.4, -0.2) is 65.6 Å². The molecule has 0 aliphatic carbocycles. The zero-order chi connectivity index (χ0) is 22.9. The van der Waals surface area contributed by atoms with E-state index in [0.717, 1.165) is 5.56 Å². The van der Waals surface area contributed by atoms with Crippen LogP contribution in [0.1, 0.15) is 18.4 Å². The Morgan fingerprint density at radius 2 is 1.91 bits per heavy atom. The number of Topliss-reactive ketones (excluding diaryl/α,β-unsaturated/α-hetero) is 1. The second-order valence-electron chi connectivity index (χ2n) is 7.64. The minimum atomic E-state index is -3.92. The summed E-state index contributed by atoms with van der Waals surface area (Å²) in [4.78, 5) is 41.7. The first-order valence-electron chi connectivity index (χ1n) is 10.1. The third-order valence-electron chi connectivity index (χ3n) is 5.68. The second kappa shape index (κ2) is 8.67. The number of pyridine rings is 1. The number of rotatable bonds is 6. The van der Waals surface area contributed by atoms with E-state index in [1.165, 1.54) is 21.5 Å². The first kappa shape index (κ1) is 21.9. The maximum absolute atomic E-state index is 13.0. The van der Waals surface area contributed by atoms with Gasteiger partial charge in [-0.05, 0) is 42.7 Å². The molecule has 32 heavy (non-hydrogen) atoms. The van der Waals surface area contributed by atoms with Crippen LogP contribution in [0.3, 0.4) is 0 Å². The smallest absolute Gasteiger partial charge is 0.409 e. The van der Waals surface area contributed by atoms with Crippen LogP contribution in [0.5, 0.6) is 5.75 Å². The van der Waals surface area contributed by atoms with Crippen LogP contribution in [-0.2, 0) is 26.0 Å². The number of primary amides is 1. The molecule has 2 aliphatic heterocycles. The van der Waals surface area contributed by atoms with E-state index in [-0.39, 0.29) is 29.7 Å². The molecule has 0 radical (unpaired) electrons. The lowest BCUT2D eigenvalue weighted by Gasteiger charge is -2.24. The maximum Gasteiger partial charge on any atom is 0.409 e. The normalized spacial score (nSPS) is 20.9. The van der Waals surface area contributed by atoms with Gasteiger partial charge in [-0.25, -0.2) is 18.2 Å². The number of ether oxygens (including phenoxy) is 1. The monoisotopic (exact) mass is 458 g/mol. The molecule has 2 amide bonds. The van der Waals surface area contributed by atoms with Crippen LogP contribution in [0.2, 0.25) is 0 Å². The number of hydrogen-bond acceptors (Lipinski definition) is 7. The Hall–Kier alpha value is -3.31. The van der Waals surface area contributed by atoms with Crippen molar-refractivity contribution in [2.75, 3.05) is 13.1 Å². The third-order valence-corrected chi connectivity index (χ3v) is 7.47. The molecule has 2 unspecified atom stereocenters. The number of nitrogens with zero attached hydrogens (tertiary/aromatic N) is 3. The van der Waals surface area contributed by atoms with Gasteiger partial charge in [0.2, 0.25) is 5.91 Å². The lowest BCUT2D eigenvalue weighted by molar-refractivity contribution is -0.136. The molecule has 168 valence electrons. The molecule has 4 rings (SSSR count). The SMILES string of the molecule is NC(=O)Oc1ccc(CCC(=O)N2CCC3C2C(=O)CN3S(=O)(=O)c2ccccn2)cc1. The lowest BCUT2D eigenvalue weighted by atomic mass is 10.1. The van der Waals surface area contributed by atoms with E-state index >= 15 is 0 Å². The maximum atomic E-state index is 13.0. The van der Waals surface area contributed by atoms with Crippen LogP contribution in [0.15, 0.2) is 53.7 Å². The number of hydrogen-bond donors (Lipinski definition) is 1. The zero-order valence-corrected chi connectivity index (χ0v) is 17.9. The topological polar surface area (TPSA) is 140 Å². The molecule has 1 aromatic carbocycles. The van der Waals surface area contributed by atoms with Crippen LogP contribution >= 0.6 is 0 Å². The van der Waals surface area contributed by atoms with Crippen LogP contribution < -0.4 is 10.5 Å². The Morgan fingerprint density at radius 3 is 2.56 bits per heavy atom. The number of sulfonamides is 1. The molecule has 2 N–H and O–H groups in total. The number of nitrogens with two attached hydrogens (primary N) is 1. The summed E-state index contributed by atoms with van der Waals surface area (Å²) in [5, 5.41) is -0.109.